The first-order valence-electron chi connectivity index (χ1n) is 1.33. The molecule has 0 amide bonds. The molecule has 0 spiro atoms. The summed E-state index contributed by atoms with van der Waals surface area (Å²) in [5.74, 6) is 0. The Morgan fingerprint density at radius 2 is 1.20 bits per heavy atom. The summed E-state index contributed by atoms with van der Waals surface area (Å²) in [5, 5.41) is 14.8. The molecule has 0 heterocycles. The van der Waals surface area contributed by atoms with E-state index in [1.165, 1.54) is 0 Å². The van der Waals surface area contributed by atoms with Gasteiger partial charge in [-0.15, -0.1) is 0 Å². The maximum atomic E-state index is 8.88. The van der Waals surface area contributed by atoms with Crippen LogP contribution >= 0.6 is 7.82 Å². The van der Waals surface area contributed by atoms with E-state index in [9.17, 15) is 0 Å². The van der Waals surface area contributed by atoms with Crippen LogP contribution in [0.25, 0.3) is 0 Å². The van der Waals surface area contributed by atoms with Crippen LogP contribution < -0.4 is 0 Å². The molecule has 0 bridgehead atoms. The fraction of sp³-hybridized carbons (Fsp3) is 0. The second-order valence-electron chi connectivity index (χ2n) is 0.737. The van der Waals surface area contributed by atoms with E-state index < -0.39 is 12.9 Å². The first-order chi connectivity index (χ1) is 3.73. The Kier molecular flexibility index (Phi) is 11.4. The van der Waals surface area contributed by atoms with Crippen molar-refractivity contribution in [2.45, 2.75) is 0 Å². The summed E-state index contributed by atoms with van der Waals surface area (Å²) < 4.78 is 8.88. The Morgan fingerprint density at radius 3 is 1.20 bits per heavy atom. The molecule has 0 rings (SSSR count). The SMILES string of the molecule is O=P(O)(O)O.O=[N+]([O-])[O-].[Ni]. The van der Waals surface area contributed by atoms with Gasteiger partial charge in [0.05, 0.1) is 5.09 Å². The van der Waals surface area contributed by atoms with Crippen LogP contribution in [0.1, 0.15) is 0 Å². The minimum absolute atomic E-state index is 0. The molecule has 0 aliphatic rings. The number of phosphoric acid groups is 1. The third-order valence-corrected chi connectivity index (χ3v) is 0. The van der Waals surface area contributed by atoms with Crippen LogP contribution in [-0.4, -0.2) is 19.8 Å². The standard InChI is InChI=1S/NO3.Ni.H3O4P/c2-1(3)4;;1-5(2,3)4/h;;(H3,1,2,3,4)/q-1;;. The molecule has 0 aromatic heterocycles. The summed E-state index contributed by atoms with van der Waals surface area (Å²) in [6.07, 6.45) is 0. The average molecular weight is 219 g/mol. The van der Waals surface area contributed by atoms with Crippen LogP contribution in [0.5, 0.6) is 0 Å². The fourth-order valence-corrected chi connectivity index (χ4v) is 0. The van der Waals surface area contributed by atoms with E-state index in [1.54, 1.807) is 0 Å². The molecule has 0 aromatic carbocycles. The van der Waals surface area contributed by atoms with E-state index in [2.05, 4.69) is 0 Å². The van der Waals surface area contributed by atoms with Crippen molar-refractivity contribution in [1.82, 2.24) is 0 Å². The molecule has 0 saturated heterocycles. The van der Waals surface area contributed by atoms with Gasteiger partial charge in [-0.1, -0.05) is 0 Å². The molecule has 0 saturated carbocycles. The Hall–Kier alpha value is -0.196. The molecule has 10 heteroatoms. The van der Waals surface area contributed by atoms with E-state index in [1.807, 2.05) is 0 Å². The van der Waals surface area contributed by atoms with Gasteiger partial charge in [0.15, 0.2) is 0 Å². The Labute approximate surface area is 64.8 Å². The number of hydrogen-bond donors (Lipinski definition) is 3. The summed E-state index contributed by atoms with van der Waals surface area (Å²) in [7, 11) is -4.64. The molecule has 0 fully saturated rings. The molecule has 8 nitrogen and oxygen atoms in total. The van der Waals surface area contributed by atoms with Crippen LogP contribution in [0.3, 0.4) is 0 Å². The molecule has 0 unspecified atom stereocenters. The van der Waals surface area contributed by atoms with Crippen molar-refractivity contribution in [2.75, 3.05) is 0 Å². The zero-order valence-electron chi connectivity index (χ0n) is 4.19. The minimum atomic E-state index is -4.64. The Morgan fingerprint density at radius 1 is 1.20 bits per heavy atom. The van der Waals surface area contributed by atoms with Gasteiger partial charge in [0, 0.05) is 16.5 Å². The van der Waals surface area contributed by atoms with E-state index >= 15 is 0 Å². The molecule has 0 aromatic rings. The molecule has 3 N–H and O–H groups in total. The third kappa shape index (κ3) is 9360. The molecule has 0 radical (unpaired) electrons. The number of rotatable bonds is 0. The zero-order chi connectivity index (χ0) is 8.08. The monoisotopic (exact) mass is 218 g/mol. The fourth-order valence-electron chi connectivity index (χ4n) is 0. The average Bonchev–Trinajstić information content (AvgIpc) is 1.19. The summed E-state index contributed by atoms with van der Waals surface area (Å²) in [4.78, 5) is 29.8. The van der Waals surface area contributed by atoms with Crippen molar-refractivity contribution in [1.29, 1.82) is 0 Å². The van der Waals surface area contributed by atoms with Crippen molar-refractivity contribution in [3.63, 3.8) is 0 Å². The molecule has 0 atom stereocenters. The van der Waals surface area contributed by atoms with E-state index in [0.29, 0.717) is 0 Å². The maximum Gasteiger partial charge on any atom is 0.466 e. The van der Waals surface area contributed by atoms with Gasteiger partial charge in [-0.25, -0.2) is 4.57 Å². The predicted octanol–water partition coefficient (Wildman–Crippen LogP) is -1.17. The maximum absolute atomic E-state index is 8.88. The minimum Gasteiger partial charge on any atom is -0.356 e. The van der Waals surface area contributed by atoms with E-state index in [-0.39, 0.29) is 16.5 Å². The first kappa shape index (κ1) is 16.4. The third-order valence-electron chi connectivity index (χ3n) is 0. The van der Waals surface area contributed by atoms with Crippen molar-refractivity contribution in [3.05, 3.63) is 15.3 Å². The molecular formula is H3NNiO7P-. The van der Waals surface area contributed by atoms with E-state index in [4.69, 9.17) is 34.6 Å². The molecule has 66 valence electrons. The topological polar surface area (TPSA) is 144 Å². The summed E-state index contributed by atoms with van der Waals surface area (Å²) in [6.45, 7) is 0. The normalized spacial score (nSPS) is 8.30. The van der Waals surface area contributed by atoms with Gasteiger partial charge in [0.25, 0.3) is 0 Å². The van der Waals surface area contributed by atoms with Crippen LogP contribution in [0.2, 0.25) is 0 Å². The molecule has 0 aliphatic carbocycles. The molecule has 10 heavy (non-hydrogen) atoms. The second kappa shape index (κ2) is 6.92. The van der Waals surface area contributed by atoms with Gasteiger partial charge in [-0.3, -0.25) is 0 Å². The van der Waals surface area contributed by atoms with Gasteiger partial charge in [0.1, 0.15) is 0 Å². The van der Waals surface area contributed by atoms with Crippen molar-refractivity contribution in [3.8, 4) is 0 Å². The largest absolute Gasteiger partial charge is 0.466 e. The van der Waals surface area contributed by atoms with Crippen LogP contribution in [0.15, 0.2) is 0 Å². The Balaban J connectivity index is -0.0000000910. The van der Waals surface area contributed by atoms with Gasteiger partial charge >= 0.3 is 7.82 Å². The first-order valence-corrected chi connectivity index (χ1v) is 2.90. The van der Waals surface area contributed by atoms with Crippen molar-refractivity contribution >= 4 is 7.82 Å². The zero-order valence-corrected chi connectivity index (χ0v) is 6.07. The Bertz CT molecular complexity index is 113. The van der Waals surface area contributed by atoms with E-state index in [0.717, 1.165) is 0 Å². The van der Waals surface area contributed by atoms with Gasteiger partial charge in [-0.05, 0) is 0 Å². The van der Waals surface area contributed by atoms with Gasteiger partial charge < -0.3 is 30.0 Å². The summed E-state index contributed by atoms with van der Waals surface area (Å²) in [5.41, 5.74) is 0. The number of nitrogens with zero attached hydrogens (tertiary/aromatic N) is 1. The van der Waals surface area contributed by atoms with Crippen LogP contribution in [-0.2, 0) is 21.1 Å². The van der Waals surface area contributed by atoms with Crippen LogP contribution in [0.4, 0.5) is 0 Å². The molecule has 0 aliphatic heterocycles. The van der Waals surface area contributed by atoms with Crippen LogP contribution in [0, 0.1) is 15.3 Å². The predicted molar refractivity (Wildman–Crippen MR) is 24.6 cm³/mol. The van der Waals surface area contributed by atoms with Gasteiger partial charge in [0.2, 0.25) is 0 Å². The quantitative estimate of drug-likeness (QED) is 0.201. The smallest absolute Gasteiger partial charge is 0.356 e. The van der Waals surface area contributed by atoms with Gasteiger partial charge in [-0.2, -0.15) is 0 Å². The second-order valence-corrected chi connectivity index (χ2v) is 1.76. The number of hydrogen-bond acceptors (Lipinski definition) is 4. The van der Waals surface area contributed by atoms with Crippen molar-refractivity contribution in [2.24, 2.45) is 0 Å². The summed E-state index contributed by atoms with van der Waals surface area (Å²) in [6, 6.07) is 0. The van der Waals surface area contributed by atoms with Crippen molar-refractivity contribution < 1.29 is 40.8 Å². The summed E-state index contributed by atoms with van der Waals surface area (Å²) >= 11 is 0. The molecular weight excluding hydrogens is 216 g/mol.